The molecule has 1 aromatic rings. The lowest BCUT2D eigenvalue weighted by Gasteiger charge is -2.18. The molecule has 1 amide bonds. The average molecular weight is 263 g/mol. The number of hydrogen-bond acceptors (Lipinski definition) is 3. The Morgan fingerprint density at radius 1 is 1.11 bits per heavy atom. The van der Waals surface area contributed by atoms with Crippen molar-refractivity contribution >= 4 is 11.6 Å². The Bertz CT molecular complexity index is 383. The molecule has 106 valence electrons. The lowest BCUT2D eigenvalue weighted by atomic mass is 10.2. The molecule has 19 heavy (non-hydrogen) atoms. The molecule has 0 radical (unpaired) electrons. The smallest absolute Gasteiger partial charge is 0.236 e. The predicted molar refractivity (Wildman–Crippen MR) is 80.4 cm³/mol. The van der Waals surface area contributed by atoms with Crippen molar-refractivity contribution in [1.82, 2.24) is 10.2 Å². The highest BCUT2D eigenvalue weighted by atomic mass is 16.2. The van der Waals surface area contributed by atoms with Crippen LogP contribution in [0.3, 0.4) is 0 Å². The summed E-state index contributed by atoms with van der Waals surface area (Å²) in [5.74, 6) is 0.162. The molecule has 1 N–H and O–H groups in total. The van der Waals surface area contributed by atoms with Crippen molar-refractivity contribution in [1.29, 1.82) is 0 Å². The summed E-state index contributed by atoms with van der Waals surface area (Å²) in [7, 11) is 4.05. The van der Waals surface area contributed by atoms with Crippen LogP contribution in [0.5, 0.6) is 0 Å². The van der Waals surface area contributed by atoms with Crippen molar-refractivity contribution in [3.05, 3.63) is 29.8 Å². The SMILES string of the molecule is CCN(CC)C(=O)CNCc1ccc(N(C)C)cc1. The number of hydrogen-bond donors (Lipinski definition) is 1. The first-order valence-electron chi connectivity index (χ1n) is 6.83. The van der Waals surface area contributed by atoms with Gasteiger partial charge in [-0.25, -0.2) is 0 Å². The van der Waals surface area contributed by atoms with Crippen LogP contribution in [0.4, 0.5) is 5.69 Å². The van der Waals surface area contributed by atoms with Crippen molar-refractivity contribution in [2.45, 2.75) is 20.4 Å². The summed E-state index contributed by atoms with van der Waals surface area (Å²) in [4.78, 5) is 15.7. The topological polar surface area (TPSA) is 35.6 Å². The number of benzene rings is 1. The second kappa shape index (κ2) is 7.79. The van der Waals surface area contributed by atoms with E-state index < -0.39 is 0 Å². The molecule has 1 rings (SSSR count). The van der Waals surface area contributed by atoms with Gasteiger partial charge in [0, 0.05) is 39.4 Å². The van der Waals surface area contributed by atoms with E-state index in [1.54, 1.807) is 0 Å². The van der Waals surface area contributed by atoms with Crippen molar-refractivity contribution in [2.24, 2.45) is 0 Å². The van der Waals surface area contributed by atoms with Gasteiger partial charge in [-0.15, -0.1) is 0 Å². The summed E-state index contributed by atoms with van der Waals surface area (Å²) in [6.45, 7) is 6.67. The van der Waals surface area contributed by atoms with Crippen LogP contribution in [0.15, 0.2) is 24.3 Å². The molecule has 0 saturated carbocycles. The lowest BCUT2D eigenvalue weighted by molar-refractivity contribution is -0.129. The number of anilines is 1. The van der Waals surface area contributed by atoms with Gasteiger partial charge < -0.3 is 15.1 Å². The summed E-state index contributed by atoms with van der Waals surface area (Å²) in [6.07, 6.45) is 0. The van der Waals surface area contributed by atoms with Gasteiger partial charge in [0.05, 0.1) is 6.54 Å². The standard InChI is InChI=1S/C15H25N3O/c1-5-18(6-2)15(19)12-16-11-13-7-9-14(10-8-13)17(3)4/h7-10,16H,5-6,11-12H2,1-4H3. The number of likely N-dealkylation sites (N-methyl/N-ethyl adjacent to an activating group) is 1. The first kappa shape index (κ1) is 15.5. The summed E-state index contributed by atoms with van der Waals surface area (Å²) in [5, 5.41) is 3.19. The molecule has 0 heterocycles. The number of carbonyl (C=O) groups is 1. The van der Waals surface area contributed by atoms with Crippen LogP contribution in [0.1, 0.15) is 19.4 Å². The Hall–Kier alpha value is -1.55. The van der Waals surface area contributed by atoms with Gasteiger partial charge in [0.2, 0.25) is 5.91 Å². The third kappa shape index (κ3) is 4.91. The van der Waals surface area contributed by atoms with Gasteiger partial charge >= 0.3 is 0 Å². The van der Waals surface area contributed by atoms with Gasteiger partial charge in [0.1, 0.15) is 0 Å². The Balaban J connectivity index is 2.39. The number of carbonyl (C=O) groups excluding carboxylic acids is 1. The van der Waals surface area contributed by atoms with Crippen LogP contribution >= 0.6 is 0 Å². The fraction of sp³-hybridized carbons (Fsp3) is 0.533. The van der Waals surface area contributed by atoms with Crippen LogP contribution < -0.4 is 10.2 Å². The van der Waals surface area contributed by atoms with Crippen LogP contribution in [0, 0.1) is 0 Å². The Kier molecular flexibility index (Phi) is 6.36. The molecule has 0 saturated heterocycles. The quantitative estimate of drug-likeness (QED) is 0.813. The highest BCUT2D eigenvalue weighted by Crippen LogP contribution is 2.11. The highest BCUT2D eigenvalue weighted by molar-refractivity contribution is 5.78. The van der Waals surface area contributed by atoms with E-state index in [0.29, 0.717) is 6.54 Å². The zero-order valence-electron chi connectivity index (χ0n) is 12.4. The van der Waals surface area contributed by atoms with Crippen molar-refractivity contribution in [2.75, 3.05) is 38.6 Å². The van der Waals surface area contributed by atoms with Gasteiger partial charge in [0.15, 0.2) is 0 Å². The van der Waals surface area contributed by atoms with Crippen LogP contribution in [0.25, 0.3) is 0 Å². The summed E-state index contributed by atoms with van der Waals surface area (Å²) in [6, 6.07) is 8.35. The zero-order chi connectivity index (χ0) is 14.3. The second-order valence-electron chi connectivity index (χ2n) is 4.73. The fourth-order valence-electron chi connectivity index (χ4n) is 1.91. The minimum absolute atomic E-state index is 0.162. The maximum Gasteiger partial charge on any atom is 0.236 e. The highest BCUT2D eigenvalue weighted by Gasteiger charge is 2.08. The molecule has 0 unspecified atom stereocenters. The minimum Gasteiger partial charge on any atom is -0.378 e. The van der Waals surface area contributed by atoms with E-state index in [2.05, 4.69) is 34.5 Å². The maximum atomic E-state index is 11.8. The fourth-order valence-corrected chi connectivity index (χ4v) is 1.91. The molecular formula is C15H25N3O. The molecule has 0 aliphatic rings. The van der Waals surface area contributed by atoms with Crippen LogP contribution in [-0.2, 0) is 11.3 Å². The van der Waals surface area contributed by atoms with E-state index in [9.17, 15) is 4.79 Å². The van der Waals surface area contributed by atoms with E-state index >= 15 is 0 Å². The van der Waals surface area contributed by atoms with Crippen molar-refractivity contribution in [3.8, 4) is 0 Å². The van der Waals surface area contributed by atoms with Crippen LogP contribution in [-0.4, -0.2) is 44.5 Å². The van der Waals surface area contributed by atoms with E-state index in [-0.39, 0.29) is 5.91 Å². The van der Waals surface area contributed by atoms with Crippen molar-refractivity contribution in [3.63, 3.8) is 0 Å². The molecule has 0 spiro atoms. The van der Waals surface area contributed by atoms with E-state index in [1.807, 2.05) is 32.8 Å². The molecule has 4 heteroatoms. The molecule has 0 aliphatic heterocycles. The van der Waals surface area contributed by atoms with Gasteiger partial charge in [-0.2, -0.15) is 0 Å². The average Bonchev–Trinajstić information content (AvgIpc) is 2.40. The van der Waals surface area contributed by atoms with E-state index in [4.69, 9.17) is 0 Å². The number of amides is 1. The monoisotopic (exact) mass is 263 g/mol. The maximum absolute atomic E-state index is 11.8. The number of rotatable bonds is 7. The third-order valence-corrected chi connectivity index (χ3v) is 3.17. The molecule has 0 aromatic heterocycles. The van der Waals surface area contributed by atoms with Gasteiger partial charge in [0.25, 0.3) is 0 Å². The first-order valence-corrected chi connectivity index (χ1v) is 6.83. The van der Waals surface area contributed by atoms with Crippen LogP contribution in [0.2, 0.25) is 0 Å². The lowest BCUT2D eigenvalue weighted by Crippen LogP contribution is -2.37. The van der Waals surface area contributed by atoms with Gasteiger partial charge in [-0.05, 0) is 31.5 Å². The molecule has 4 nitrogen and oxygen atoms in total. The van der Waals surface area contributed by atoms with Gasteiger partial charge in [-0.1, -0.05) is 12.1 Å². The Morgan fingerprint density at radius 3 is 2.16 bits per heavy atom. The molecule has 0 bridgehead atoms. The predicted octanol–water partition coefficient (Wildman–Crippen LogP) is 1.71. The Morgan fingerprint density at radius 2 is 1.68 bits per heavy atom. The molecular weight excluding hydrogens is 238 g/mol. The summed E-state index contributed by atoms with van der Waals surface area (Å²) in [5.41, 5.74) is 2.38. The molecule has 0 atom stereocenters. The van der Waals surface area contributed by atoms with E-state index in [0.717, 1.165) is 19.6 Å². The number of nitrogens with zero attached hydrogens (tertiary/aromatic N) is 2. The minimum atomic E-state index is 0.162. The second-order valence-corrected chi connectivity index (χ2v) is 4.73. The van der Waals surface area contributed by atoms with Crippen molar-refractivity contribution < 1.29 is 4.79 Å². The van der Waals surface area contributed by atoms with Gasteiger partial charge in [-0.3, -0.25) is 4.79 Å². The summed E-state index contributed by atoms with van der Waals surface area (Å²) >= 11 is 0. The Labute approximate surface area is 116 Å². The molecule has 1 aromatic carbocycles. The number of nitrogens with one attached hydrogen (secondary N) is 1. The normalized spacial score (nSPS) is 10.3. The first-order chi connectivity index (χ1) is 9.08. The zero-order valence-corrected chi connectivity index (χ0v) is 12.4. The van der Waals surface area contributed by atoms with E-state index in [1.165, 1.54) is 11.3 Å². The molecule has 0 aliphatic carbocycles. The largest absolute Gasteiger partial charge is 0.378 e. The third-order valence-electron chi connectivity index (χ3n) is 3.17. The molecule has 0 fully saturated rings. The summed E-state index contributed by atoms with van der Waals surface area (Å²) < 4.78 is 0.